The fourth-order valence-electron chi connectivity index (χ4n) is 3.88. The third-order valence-corrected chi connectivity index (χ3v) is 5.10. The zero-order valence-corrected chi connectivity index (χ0v) is 14.0. The lowest BCUT2D eigenvalue weighted by Crippen LogP contribution is -2.58. The molecule has 1 fully saturated rings. The Bertz CT molecular complexity index is 520. The van der Waals surface area contributed by atoms with Crippen molar-refractivity contribution in [1.82, 2.24) is 10.6 Å². The lowest BCUT2D eigenvalue weighted by Gasteiger charge is -2.41. The van der Waals surface area contributed by atoms with E-state index in [9.17, 15) is 0 Å². The summed E-state index contributed by atoms with van der Waals surface area (Å²) in [5.74, 6) is 1.99. The van der Waals surface area contributed by atoms with Gasteiger partial charge in [-0.05, 0) is 44.2 Å². The maximum atomic E-state index is 4.91. The monoisotopic (exact) mass is 299 g/mol. The first-order chi connectivity index (χ1) is 10.7. The van der Waals surface area contributed by atoms with Crippen LogP contribution in [0.1, 0.15) is 50.2 Å². The van der Waals surface area contributed by atoms with E-state index in [1.807, 2.05) is 0 Å². The molecule has 0 bridgehead atoms. The van der Waals surface area contributed by atoms with E-state index in [4.69, 9.17) is 4.99 Å². The fraction of sp³-hybridized carbons (Fsp3) is 0.632. The number of rotatable bonds is 2. The quantitative estimate of drug-likeness (QED) is 0.878. The van der Waals surface area contributed by atoms with Gasteiger partial charge in [-0.3, -0.25) is 4.99 Å². The Hall–Kier alpha value is -1.35. The average Bonchev–Trinajstić information content (AvgIpc) is 2.69. The van der Waals surface area contributed by atoms with Crippen molar-refractivity contribution in [3.63, 3.8) is 0 Å². The number of benzene rings is 1. The third kappa shape index (κ3) is 3.52. The van der Waals surface area contributed by atoms with Crippen molar-refractivity contribution in [1.29, 1.82) is 0 Å². The number of amidine groups is 1. The van der Waals surface area contributed by atoms with Crippen LogP contribution in [-0.4, -0.2) is 24.5 Å². The van der Waals surface area contributed by atoms with Gasteiger partial charge in [-0.1, -0.05) is 49.6 Å². The molecule has 3 nitrogen and oxygen atoms in total. The molecule has 2 N–H and O–H groups in total. The van der Waals surface area contributed by atoms with Gasteiger partial charge in [0.15, 0.2) is 0 Å². The van der Waals surface area contributed by atoms with Crippen molar-refractivity contribution in [3.05, 3.63) is 35.4 Å². The van der Waals surface area contributed by atoms with Gasteiger partial charge in [-0.25, -0.2) is 0 Å². The molecule has 1 aliphatic carbocycles. The summed E-state index contributed by atoms with van der Waals surface area (Å²) in [6, 6.07) is 8.79. The van der Waals surface area contributed by atoms with Crippen LogP contribution in [0.2, 0.25) is 0 Å². The normalized spacial score (nSPS) is 29.0. The van der Waals surface area contributed by atoms with E-state index in [0.29, 0.717) is 0 Å². The number of nitrogens with one attached hydrogen (secondary N) is 2. The summed E-state index contributed by atoms with van der Waals surface area (Å²) >= 11 is 0. The molecule has 1 saturated carbocycles. The van der Waals surface area contributed by atoms with E-state index in [0.717, 1.165) is 32.0 Å². The van der Waals surface area contributed by atoms with E-state index < -0.39 is 0 Å². The molecule has 0 aromatic heterocycles. The summed E-state index contributed by atoms with van der Waals surface area (Å²) in [6.07, 6.45) is 6.24. The molecule has 1 heterocycles. The van der Waals surface area contributed by atoms with Gasteiger partial charge in [0.05, 0.1) is 5.54 Å². The minimum absolute atomic E-state index is 0.0961. The first-order valence-electron chi connectivity index (χ1n) is 8.77. The standard InChI is InChI=1S/C19H29N3/c1-15-6-8-17(9-7-15)14-21-18-19(22-12-4-11-20-18)10-3-5-16(2)13-19/h6-9,16,22H,3-5,10-14H2,1-2H3,(H,20,21)/t16-,19+/m0/s1. The maximum absolute atomic E-state index is 4.91. The smallest absolute Gasteiger partial charge is 0.117 e. The third-order valence-electron chi connectivity index (χ3n) is 5.10. The van der Waals surface area contributed by atoms with Gasteiger partial charge in [-0.15, -0.1) is 0 Å². The van der Waals surface area contributed by atoms with Crippen molar-refractivity contribution >= 4 is 5.84 Å². The molecule has 2 aliphatic rings. The van der Waals surface area contributed by atoms with E-state index in [1.165, 1.54) is 42.6 Å². The lowest BCUT2D eigenvalue weighted by atomic mass is 9.75. The van der Waals surface area contributed by atoms with Crippen LogP contribution in [0, 0.1) is 12.8 Å². The fourth-order valence-corrected chi connectivity index (χ4v) is 3.88. The Labute approximate surface area is 134 Å². The molecule has 0 radical (unpaired) electrons. The van der Waals surface area contributed by atoms with Crippen LogP contribution in [-0.2, 0) is 6.54 Å². The van der Waals surface area contributed by atoms with Gasteiger partial charge in [0.2, 0.25) is 0 Å². The second kappa shape index (κ2) is 6.82. The van der Waals surface area contributed by atoms with E-state index in [2.05, 4.69) is 48.7 Å². The van der Waals surface area contributed by atoms with Gasteiger partial charge < -0.3 is 10.6 Å². The van der Waals surface area contributed by atoms with Crippen LogP contribution < -0.4 is 10.6 Å². The second-order valence-electron chi connectivity index (χ2n) is 7.13. The highest BCUT2D eigenvalue weighted by molar-refractivity contribution is 5.92. The molecule has 120 valence electrons. The lowest BCUT2D eigenvalue weighted by molar-refractivity contribution is 0.251. The van der Waals surface area contributed by atoms with Crippen molar-refractivity contribution in [3.8, 4) is 0 Å². The summed E-state index contributed by atoms with van der Waals surface area (Å²) in [7, 11) is 0. The topological polar surface area (TPSA) is 36.4 Å². The van der Waals surface area contributed by atoms with E-state index in [1.54, 1.807) is 0 Å². The Morgan fingerprint density at radius 3 is 2.86 bits per heavy atom. The predicted octanol–water partition coefficient (Wildman–Crippen LogP) is 3.43. The van der Waals surface area contributed by atoms with Crippen LogP contribution in [0.3, 0.4) is 0 Å². The summed E-state index contributed by atoms with van der Waals surface area (Å²) in [5.41, 5.74) is 2.74. The highest BCUT2D eigenvalue weighted by atomic mass is 15.1. The summed E-state index contributed by atoms with van der Waals surface area (Å²) in [5, 5.41) is 7.50. The largest absolute Gasteiger partial charge is 0.368 e. The number of hydrogen-bond donors (Lipinski definition) is 2. The van der Waals surface area contributed by atoms with Crippen molar-refractivity contribution < 1.29 is 0 Å². The highest BCUT2D eigenvalue weighted by Gasteiger charge is 2.39. The van der Waals surface area contributed by atoms with Crippen LogP contribution in [0.5, 0.6) is 0 Å². The highest BCUT2D eigenvalue weighted by Crippen LogP contribution is 2.33. The van der Waals surface area contributed by atoms with E-state index in [-0.39, 0.29) is 5.54 Å². The maximum Gasteiger partial charge on any atom is 0.117 e. The molecule has 1 aromatic rings. The van der Waals surface area contributed by atoms with E-state index >= 15 is 0 Å². The van der Waals surface area contributed by atoms with Crippen LogP contribution in [0.15, 0.2) is 29.3 Å². The Morgan fingerprint density at radius 2 is 2.09 bits per heavy atom. The minimum atomic E-state index is 0.0961. The minimum Gasteiger partial charge on any atom is -0.368 e. The van der Waals surface area contributed by atoms with Crippen LogP contribution in [0.4, 0.5) is 0 Å². The molecule has 1 aromatic carbocycles. The number of hydrogen-bond acceptors (Lipinski definition) is 3. The van der Waals surface area contributed by atoms with Crippen molar-refractivity contribution in [2.45, 2.75) is 58.0 Å². The Kier molecular flexibility index (Phi) is 4.82. The zero-order valence-electron chi connectivity index (χ0n) is 14.0. The molecule has 0 unspecified atom stereocenters. The summed E-state index contributed by atoms with van der Waals surface area (Å²) in [4.78, 5) is 4.91. The molecule has 0 saturated heterocycles. The first kappa shape index (κ1) is 15.5. The summed E-state index contributed by atoms with van der Waals surface area (Å²) < 4.78 is 0. The SMILES string of the molecule is Cc1ccc(CNC2=NCCCN[C@@]23CCC[C@H](C)C3)cc1. The van der Waals surface area contributed by atoms with Gasteiger partial charge in [0.1, 0.15) is 5.84 Å². The molecule has 1 spiro atoms. The summed E-state index contributed by atoms with van der Waals surface area (Å²) in [6.45, 7) is 7.42. The molecular formula is C19H29N3. The molecular weight excluding hydrogens is 270 g/mol. The number of aliphatic imine (C=N–C) groups is 1. The predicted molar refractivity (Wildman–Crippen MR) is 93.3 cm³/mol. The molecule has 22 heavy (non-hydrogen) atoms. The molecule has 2 atom stereocenters. The Morgan fingerprint density at radius 1 is 1.27 bits per heavy atom. The van der Waals surface area contributed by atoms with Gasteiger partial charge in [0, 0.05) is 13.1 Å². The zero-order chi connectivity index (χ0) is 15.4. The van der Waals surface area contributed by atoms with Crippen LogP contribution in [0.25, 0.3) is 0 Å². The van der Waals surface area contributed by atoms with Crippen molar-refractivity contribution in [2.24, 2.45) is 10.9 Å². The average molecular weight is 299 g/mol. The van der Waals surface area contributed by atoms with Crippen molar-refractivity contribution in [2.75, 3.05) is 13.1 Å². The number of aryl methyl sites for hydroxylation is 1. The second-order valence-corrected chi connectivity index (χ2v) is 7.13. The molecule has 0 amide bonds. The first-order valence-corrected chi connectivity index (χ1v) is 8.77. The number of nitrogens with zero attached hydrogens (tertiary/aromatic N) is 1. The molecule has 1 aliphatic heterocycles. The molecule has 3 rings (SSSR count). The van der Waals surface area contributed by atoms with Gasteiger partial charge in [0.25, 0.3) is 0 Å². The van der Waals surface area contributed by atoms with Gasteiger partial charge in [-0.2, -0.15) is 0 Å². The van der Waals surface area contributed by atoms with Crippen LogP contribution >= 0.6 is 0 Å². The Balaban J connectivity index is 1.73. The van der Waals surface area contributed by atoms with Gasteiger partial charge >= 0.3 is 0 Å². The molecule has 3 heteroatoms.